The molecule has 1 N–H and O–H groups in total. The Hall–Kier alpha value is -1.69. The van der Waals surface area contributed by atoms with E-state index in [0.29, 0.717) is 47.6 Å². The fraction of sp³-hybridized carbons (Fsp3) is 0.440. The third kappa shape index (κ3) is 8.68. The van der Waals surface area contributed by atoms with Crippen molar-refractivity contribution in [3.63, 3.8) is 0 Å². The standard InChI is InChI=1S/C25H32Cl2N2O2S/c1-4-23(25(31)28-15-18(2)3)29(13-12-19-8-6-5-7-9-19)24(30)17-32-16-20-10-11-21(26)14-22(20)27/h5-11,14,18,23H,4,12-13,15-17H2,1-3H3,(H,28,31)/t23-/m1/s1. The molecular weight excluding hydrogens is 463 g/mol. The van der Waals surface area contributed by atoms with Crippen LogP contribution in [0, 0.1) is 5.92 Å². The highest BCUT2D eigenvalue weighted by molar-refractivity contribution is 7.99. The van der Waals surface area contributed by atoms with Crippen LogP contribution in [0.25, 0.3) is 0 Å². The maximum absolute atomic E-state index is 13.2. The summed E-state index contributed by atoms with van der Waals surface area (Å²) >= 11 is 13.7. The Balaban J connectivity index is 2.06. The van der Waals surface area contributed by atoms with Gasteiger partial charge in [-0.2, -0.15) is 0 Å². The molecule has 0 aliphatic carbocycles. The average Bonchev–Trinajstić information content (AvgIpc) is 2.77. The molecule has 0 aliphatic heterocycles. The van der Waals surface area contributed by atoms with E-state index in [9.17, 15) is 9.59 Å². The van der Waals surface area contributed by atoms with Crippen LogP contribution in [0.3, 0.4) is 0 Å². The number of carbonyl (C=O) groups excluding carboxylic acids is 2. The van der Waals surface area contributed by atoms with Crippen LogP contribution >= 0.6 is 35.0 Å². The minimum atomic E-state index is -0.482. The molecule has 7 heteroatoms. The van der Waals surface area contributed by atoms with Gasteiger partial charge in [-0.05, 0) is 42.0 Å². The van der Waals surface area contributed by atoms with Crippen molar-refractivity contribution in [1.82, 2.24) is 10.2 Å². The van der Waals surface area contributed by atoms with Crippen LogP contribution in [0.2, 0.25) is 10.0 Å². The summed E-state index contributed by atoms with van der Waals surface area (Å²) in [5.41, 5.74) is 2.08. The molecule has 2 aromatic carbocycles. The second kappa shape index (κ2) is 13.8. The highest BCUT2D eigenvalue weighted by Gasteiger charge is 2.28. The number of nitrogens with one attached hydrogen (secondary N) is 1. The van der Waals surface area contributed by atoms with Crippen molar-refractivity contribution in [2.24, 2.45) is 5.92 Å². The van der Waals surface area contributed by atoms with Crippen molar-refractivity contribution < 1.29 is 9.59 Å². The van der Waals surface area contributed by atoms with E-state index < -0.39 is 6.04 Å². The van der Waals surface area contributed by atoms with Gasteiger partial charge in [-0.3, -0.25) is 9.59 Å². The summed E-state index contributed by atoms with van der Waals surface area (Å²) in [7, 11) is 0. The van der Waals surface area contributed by atoms with Crippen molar-refractivity contribution in [1.29, 1.82) is 0 Å². The molecule has 4 nitrogen and oxygen atoms in total. The van der Waals surface area contributed by atoms with Crippen molar-refractivity contribution in [2.45, 2.75) is 45.4 Å². The summed E-state index contributed by atoms with van der Waals surface area (Å²) in [6.07, 6.45) is 1.27. The Morgan fingerprint density at radius 3 is 2.44 bits per heavy atom. The van der Waals surface area contributed by atoms with E-state index in [1.165, 1.54) is 11.8 Å². The zero-order valence-corrected chi connectivity index (χ0v) is 21.3. The zero-order chi connectivity index (χ0) is 23.5. The van der Waals surface area contributed by atoms with Gasteiger partial charge in [0.15, 0.2) is 0 Å². The van der Waals surface area contributed by atoms with Gasteiger partial charge in [0.05, 0.1) is 5.75 Å². The Morgan fingerprint density at radius 2 is 1.81 bits per heavy atom. The second-order valence-corrected chi connectivity index (χ2v) is 9.94. The number of halogens is 2. The molecule has 2 amide bonds. The molecular formula is C25H32Cl2N2O2S. The first-order chi connectivity index (χ1) is 15.3. The molecule has 0 heterocycles. The van der Waals surface area contributed by atoms with Crippen LogP contribution in [0.5, 0.6) is 0 Å². The Morgan fingerprint density at radius 1 is 1.09 bits per heavy atom. The van der Waals surface area contributed by atoms with Crippen molar-refractivity contribution >= 4 is 46.8 Å². The number of hydrogen-bond acceptors (Lipinski definition) is 3. The molecule has 0 spiro atoms. The molecule has 0 bridgehead atoms. The quantitative estimate of drug-likeness (QED) is 0.402. The highest BCUT2D eigenvalue weighted by Crippen LogP contribution is 2.25. The lowest BCUT2D eigenvalue weighted by molar-refractivity contribution is -0.138. The molecule has 1 atom stereocenters. The summed E-state index contributed by atoms with van der Waals surface area (Å²) in [6.45, 7) is 7.15. The first-order valence-corrected chi connectivity index (χ1v) is 12.9. The maximum atomic E-state index is 13.2. The van der Waals surface area contributed by atoms with Gasteiger partial charge in [-0.1, -0.05) is 80.4 Å². The maximum Gasteiger partial charge on any atom is 0.242 e. The predicted molar refractivity (Wildman–Crippen MR) is 136 cm³/mol. The first-order valence-electron chi connectivity index (χ1n) is 10.9. The normalized spacial score (nSPS) is 11.9. The number of amides is 2. The van der Waals surface area contributed by atoms with Gasteiger partial charge in [0.2, 0.25) is 11.8 Å². The minimum Gasteiger partial charge on any atom is -0.354 e. The van der Waals surface area contributed by atoms with Crippen LogP contribution in [-0.4, -0.2) is 41.6 Å². The highest BCUT2D eigenvalue weighted by atomic mass is 35.5. The van der Waals surface area contributed by atoms with E-state index in [4.69, 9.17) is 23.2 Å². The van der Waals surface area contributed by atoms with Gasteiger partial charge in [0, 0.05) is 28.9 Å². The number of carbonyl (C=O) groups is 2. The van der Waals surface area contributed by atoms with Crippen LogP contribution < -0.4 is 5.32 Å². The lowest BCUT2D eigenvalue weighted by Gasteiger charge is -2.31. The molecule has 0 aliphatic rings. The third-order valence-corrected chi connectivity index (χ3v) is 6.61. The van der Waals surface area contributed by atoms with Crippen molar-refractivity contribution in [3.8, 4) is 0 Å². The van der Waals surface area contributed by atoms with Gasteiger partial charge in [0.25, 0.3) is 0 Å². The number of benzene rings is 2. The van der Waals surface area contributed by atoms with Gasteiger partial charge in [-0.25, -0.2) is 0 Å². The van der Waals surface area contributed by atoms with Gasteiger partial charge in [-0.15, -0.1) is 11.8 Å². The topological polar surface area (TPSA) is 49.4 Å². The Labute approximate surface area is 206 Å². The molecule has 2 rings (SSSR count). The van der Waals surface area contributed by atoms with Crippen LogP contribution in [0.4, 0.5) is 0 Å². The SMILES string of the molecule is CC[C@H](C(=O)NCC(C)C)N(CCc1ccccc1)C(=O)CSCc1ccc(Cl)cc1Cl. The van der Waals surface area contributed by atoms with Gasteiger partial charge >= 0.3 is 0 Å². The third-order valence-electron chi connectivity index (χ3n) is 5.05. The average molecular weight is 496 g/mol. The zero-order valence-electron chi connectivity index (χ0n) is 18.9. The van der Waals surface area contributed by atoms with E-state index in [2.05, 4.69) is 19.2 Å². The van der Waals surface area contributed by atoms with E-state index in [1.54, 1.807) is 17.0 Å². The van der Waals surface area contributed by atoms with E-state index in [0.717, 1.165) is 11.1 Å². The van der Waals surface area contributed by atoms with Gasteiger partial charge < -0.3 is 10.2 Å². The van der Waals surface area contributed by atoms with Crippen LogP contribution in [-0.2, 0) is 21.8 Å². The molecule has 0 fully saturated rings. The molecule has 2 aromatic rings. The first kappa shape index (κ1) is 26.6. The Kier molecular flexibility index (Phi) is 11.4. The fourth-order valence-corrected chi connectivity index (χ4v) is 4.76. The minimum absolute atomic E-state index is 0.0393. The van der Waals surface area contributed by atoms with E-state index in [-0.39, 0.29) is 17.6 Å². The lowest BCUT2D eigenvalue weighted by atomic mass is 10.1. The molecule has 0 aromatic heterocycles. The fourth-order valence-electron chi connectivity index (χ4n) is 3.29. The Bertz CT molecular complexity index is 878. The largest absolute Gasteiger partial charge is 0.354 e. The lowest BCUT2D eigenvalue weighted by Crippen LogP contribution is -2.51. The number of thioether (sulfide) groups is 1. The summed E-state index contributed by atoms with van der Waals surface area (Å²) in [5, 5.41) is 4.18. The molecule has 32 heavy (non-hydrogen) atoms. The molecule has 0 radical (unpaired) electrons. The summed E-state index contributed by atoms with van der Waals surface area (Å²) in [5.74, 6) is 1.10. The molecule has 0 saturated heterocycles. The van der Waals surface area contributed by atoms with E-state index in [1.807, 2.05) is 43.3 Å². The van der Waals surface area contributed by atoms with Crippen LogP contribution in [0.15, 0.2) is 48.5 Å². The number of hydrogen-bond donors (Lipinski definition) is 1. The predicted octanol–water partition coefficient (Wildman–Crippen LogP) is 5.85. The summed E-state index contributed by atoms with van der Waals surface area (Å²) < 4.78 is 0. The van der Waals surface area contributed by atoms with Crippen molar-refractivity contribution in [3.05, 3.63) is 69.7 Å². The second-order valence-electron chi connectivity index (χ2n) is 8.11. The molecule has 0 saturated carbocycles. The number of rotatable bonds is 12. The van der Waals surface area contributed by atoms with E-state index >= 15 is 0 Å². The smallest absolute Gasteiger partial charge is 0.242 e. The van der Waals surface area contributed by atoms with Crippen LogP contribution in [0.1, 0.15) is 38.3 Å². The monoisotopic (exact) mass is 494 g/mol. The van der Waals surface area contributed by atoms with Gasteiger partial charge in [0.1, 0.15) is 6.04 Å². The molecule has 0 unspecified atom stereocenters. The molecule has 174 valence electrons. The summed E-state index contributed by atoms with van der Waals surface area (Å²) in [6, 6.07) is 14.9. The summed E-state index contributed by atoms with van der Waals surface area (Å²) in [4.78, 5) is 27.8. The van der Waals surface area contributed by atoms with Crippen molar-refractivity contribution in [2.75, 3.05) is 18.8 Å². The number of nitrogens with zero attached hydrogens (tertiary/aromatic N) is 1.